The molecule has 2 unspecified atom stereocenters. The van der Waals surface area contributed by atoms with E-state index < -0.39 is 81.7 Å². The van der Waals surface area contributed by atoms with Gasteiger partial charge in [0, 0.05) is 24.3 Å². The second-order valence-corrected chi connectivity index (χ2v) is 17.3. The summed E-state index contributed by atoms with van der Waals surface area (Å²) in [6, 6.07) is 10.5. The molecular weight excluding hydrogens is 848 g/mol. The van der Waals surface area contributed by atoms with E-state index in [1.54, 1.807) is 48.7 Å². The molecule has 8 atom stereocenters. The van der Waals surface area contributed by atoms with Crippen molar-refractivity contribution in [2.75, 3.05) is 30.5 Å². The first-order chi connectivity index (χ1) is 28.9. The lowest BCUT2D eigenvalue weighted by Crippen LogP contribution is -2.28. The number of hydrogen-bond acceptors (Lipinski definition) is 19. The molecule has 316 valence electrons. The Morgan fingerprint density at radius 1 is 1.08 bits per heavy atom. The first-order valence-corrected chi connectivity index (χ1v) is 22.0. The lowest BCUT2D eigenvalue weighted by atomic mass is 10.2. The van der Waals surface area contributed by atoms with Crippen molar-refractivity contribution in [1.82, 2.24) is 39.0 Å². The minimum Gasteiger partial charge on any atom is -0.566 e. The Morgan fingerprint density at radius 2 is 1.85 bits per heavy atom. The summed E-state index contributed by atoms with van der Waals surface area (Å²) in [5.41, 5.74) is 0.225. The molecule has 6 heterocycles. The molecule has 5 aromatic rings. The number of aliphatic hydroxyl groups is 1. The molecule has 2 aliphatic heterocycles. The van der Waals surface area contributed by atoms with Crippen LogP contribution in [0.3, 0.4) is 0 Å². The second kappa shape index (κ2) is 18.7. The monoisotopic (exact) mass is 885 g/mol. The number of fused-ring (bicyclic) bond motifs is 2. The highest BCUT2D eigenvalue weighted by Crippen LogP contribution is 2.54. The quantitative estimate of drug-likeness (QED) is 0.0769. The predicted octanol–water partition coefficient (Wildman–Crippen LogP) is 2.33. The minimum atomic E-state index is -3.77. The first kappa shape index (κ1) is 43.1. The van der Waals surface area contributed by atoms with Crippen molar-refractivity contribution in [3.05, 3.63) is 65.2 Å². The van der Waals surface area contributed by atoms with Gasteiger partial charge in [0.25, 0.3) is 11.5 Å². The van der Waals surface area contributed by atoms with Gasteiger partial charge in [-0.15, -0.1) is 4.52 Å². The summed E-state index contributed by atoms with van der Waals surface area (Å²) in [4.78, 5) is 73.7. The van der Waals surface area contributed by atoms with Crippen LogP contribution in [0.15, 0.2) is 54.1 Å². The molecule has 0 bridgehead atoms. The van der Waals surface area contributed by atoms with E-state index in [1.807, 2.05) is 6.07 Å². The summed E-state index contributed by atoms with van der Waals surface area (Å²) < 4.78 is 50.5. The van der Waals surface area contributed by atoms with E-state index in [0.717, 1.165) is 0 Å². The number of anilines is 2. The Kier molecular flexibility index (Phi) is 13.4. The summed E-state index contributed by atoms with van der Waals surface area (Å²) in [6.45, 7) is -1.42. The van der Waals surface area contributed by atoms with Gasteiger partial charge < -0.3 is 38.4 Å². The fraction of sp³-hybridized carbons (Fsp3) is 0.441. The number of H-pyrrole nitrogens is 1. The maximum Gasteiger partial charge on any atom is 0.488 e. The third-order valence-corrected chi connectivity index (χ3v) is 12.1. The van der Waals surface area contributed by atoms with Crippen LogP contribution in [0.4, 0.5) is 11.8 Å². The number of aliphatic hydroxyl groups excluding tert-OH is 1. The standard InChI is InChI=1S/C34H37N11O12P2S/c1-18(2)30(47)42-34-41-29-26(32(49)43-34)39-17-45(29)33-22(56-58(50)51)11-20(54-33)14-53-59(60,52-10-6-9-35)57-21-12-24(55-23(21)13-46)44-16-38-25-27(36-15-37-28(25)44)40-31(48)19-7-4-3-5-8-19/h3-5,7-8,15-18,20-24,33,46H,6,10-14H2,1-2H3,(H,36,37,40,48)(H2,41,42,43,47,49)/t20-,21+,22-,23+,24+,33+,59?/m0/s1. The molecule has 0 spiro atoms. The largest absolute Gasteiger partial charge is 0.566 e. The van der Waals surface area contributed by atoms with Gasteiger partial charge in [-0.2, -0.15) is 10.2 Å². The SMILES string of the molecule is CC(C)C(=O)Nc1nc2c(ncn2[C@@H]2O[C@H](COP(=S)(OCCC#N)O[C@@H]3C[C@H](n4cnc5c(NC(=O)c6ccccc6)ncnc54)O[C@@H]3CO)C[C@@H]2O[P+](=O)[O-])c(=O)[nH]1. The van der Waals surface area contributed by atoms with Gasteiger partial charge in [-0.25, -0.2) is 19.9 Å². The number of rotatable bonds is 17. The highest BCUT2D eigenvalue weighted by atomic mass is 32.5. The molecule has 0 radical (unpaired) electrons. The fourth-order valence-corrected chi connectivity index (χ4v) is 8.98. The molecule has 0 saturated carbocycles. The molecule has 2 fully saturated rings. The number of nitrogens with zero attached hydrogens (tertiary/aromatic N) is 8. The molecule has 2 saturated heterocycles. The van der Waals surface area contributed by atoms with Crippen LogP contribution in [0.2, 0.25) is 0 Å². The van der Waals surface area contributed by atoms with E-state index in [9.17, 15) is 34.2 Å². The van der Waals surface area contributed by atoms with Gasteiger partial charge in [0.05, 0.1) is 57.2 Å². The van der Waals surface area contributed by atoms with Crippen molar-refractivity contribution in [2.45, 2.75) is 70.0 Å². The summed E-state index contributed by atoms with van der Waals surface area (Å²) in [6.07, 6.45) is -1.93. The molecule has 26 heteroatoms. The number of nitriles is 1. The molecule has 1 aromatic carbocycles. The maximum absolute atomic E-state index is 12.9. The zero-order valence-electron chi connectivity index (χ0n) is 31.7. The zero-order valence-corrected chi connectivity index (χ0v) is 34.3. The van der Waals surface area contributed by atoms with Crippen LogP contribution in [-0.4, -0.2) is 100 Å². The van der Waals surface area contributed by atoms with Crippen molar-refractivity contribution in [3.63, 3.8) is 0 Å². The Bertz CT molecular complexity index is 2530. The fourth-order valence-electron chi connectivity index (χ4n) is 6.42. The van der Waals surface area contributed by atoms with E-state index in [2.05, 4.69) is 40.5 Å². The summed E-state index contributed by atoms with van der Waals surface area (Å²) >= 11 is 5.79. The van der Waals surface area contributed by atoms with Crippen LogP contribution in [-0.2, 0) is 48.7 Å². The van der Waals surface area contributed by atoms with E-state index >= 15 is 0 Å². The average molecular weight is 886 g/mol. The molecular formula is C34H37N11O12P2S. The number of amides is 2. The highest BCUT2D eigenvalue weighted by Gasteiger charge is 2.45. The van der Waals surface area contributed by atoms with Crippen LogP contribution in [0, 0.1) is 17.2 Å². The van der Waals surface area contributed by atoms with E-state index in [4.69, 9.17) is 39.4 Å². The number of aromatic amines is 1. The Labute approximate surface area is 345 Å². The first-order valence-electron chi connectivity index (χ1n) is 18.4. The van der Waals surface area contributed by atoms with Crippen molar-refractivity contribution >= 4 is 72.7 Å². The molecule has 7 rings (SSSR count). The zero-order chi connectivity index (χ0) is 42.6. The average Bonchev–Trinajstić information content (AvgIpc) is 4.03. The number of carbonyl (C=O) groups is 2. The van der Waals surface area contributed by atoms with Crippen molar-refractivity contribution < 1.29 is 51.7 Å². The molecule has 4 N–H and O–H groups in total. The van der Waals surface area contributed by atoms with Crippen LogP contribution in [0.25, 0.3) is 22.3 Å². The van der Waals surface area contributed by atoms with Gasteiger partial charge in [-0.05, 0) is 28.5 Å². The number of aromatic nitrogens is 8. The summed E-state index contributed by atoms with van der Waals surface area (Å²) in [5.74, 6) is -1.21. The van der Waals surface area contributed by atoms with Crippen LogP contribution >= 0.6 is 15.0 Å². The van der Waals surface area contributed by atoms with E-state index in [-0.39, 0.29) is 60.9 Å². The number of carbonyl (C=O) groups excluding carboxylic acids is 2. The van der Waals surface area contributed by atoms with Crippen LogP contribution < -0.4 is 21.1 Å². The molecule has 2 aliphatic rings. The van der Waals surface area contributed by atoms with Crippen LogP contribution in [0.5, 0.6) is 0 Å². The topological polar surface area (TPSA) is 305 Å². The molecule has 4 aromatic heterocycles. The van der Waals surface area contributed by atoms with E-state index in [1.165, 1.54) is 23.5 Å². The van der Waals surface area contributed by atoms with Gasteiger partial charge in [-0.1, -0.05) is 32.0 Å². The third-order valence-electron chi connectivity index (χ3n) is 9.28. The van der Waals surface area contributed by atoms with Gasteiger partial charge in [-0.3, -0.25) is 33.8 Å². The van der Waals surface area contributed by atoms with Crippen molar-refractivity contribution in [2.24, 2.45) is 5.92 Å². The number of nitrogens with one attached hydrogen (secondary N) is 3. The number of hydrogen-bond donors (Lipinski definition) is 4. The van der Waals surface area contributed by atoms with Crippen molar-refractivity contribution in [1.29, 1.82) is 5.26 Å². The molecule has 2 amide bonds. The second-order valence-electron chi connectivity index (χ2n) is 13.7. The van der Waals surface area contributed by atoms with Gasteiger partial charge in [0.1, 0.15) is 18.7 Å². The van der Waals surface area contributed by atoms with Gasteiger partial charge >= 0.3 is 15.0 Å². The maximum atomic E-state index is 12.9. The lowest BCUT2D eigenvalue weighted by molar-refractivity contribution is -0.192. The summed E-state index contributed by atoms with van der Waals surface area (Å²) in [7, 11) is -3.38. The van der Waals surface area contributed by atoms with Crippen molar-refractivity contribution in [3.8, 4) is 6.07 Å². The normalized spacial score (nSPS) is 22.8. The lowest BCUT2D eigenvalue weighted by Gasteiger charge is -2.27. The molecule has 0 aliphatic carbocycles. The van der Waals surface area contributed by atoms with Gasteiger partial charge in [0.15, 0.2) is 40.5 Å². The van der Waals surface area contributed by atoms with Crippen LogP contribution in [0.1, 0.15) is 55.9 Å². The number of benzene rings is 1. The highest BCUT2D eigenvalue weighted by molar-refractivity contribution is 8.07. The Morgan fingerprint density at radius 3 is 2.58 bits per heavy atom. The Balaban J connectivity index is 1.07. The predicted molar refractivity (Wildman–Crippen MR) is 209 cm³/mol. The number of imidazole rings is 2. The van der Waals surface area contributed by atoms with E-state index in [0.29, 0.717) is 11.2 Å². The minimum absolute atomic E-state index is 0.0245. The molecule has 23 nitrogen and oxygen atoms in total. The molecule has 60 heavy (non-hydrogen) atoms. The Hall–Kier alpha value is -5.02. The smallest absolute Gasteiger partial charge is 0.488 e. The van der Waals surface area contributed by atoms with Gasteiger partial charge in [0.2, 0.25) is 11.9 Å². The summed E-state index contributed by atoms with van der Waals surface area (Å²) in [5, 5.41) is 24.8. The third kappa shape index (κ3) is 9.62. The number of ether oxygens (including phenoxy) is 2.